The smallest absolute Gasteiger partial charge is 0.0541 e. The third-order valence-electron chi connectivity index (χ3n) is 15.8. The number of nitrogens with zero attached hydrogens (tertiary/aromatic N) is 3. The maximum Gasteiger partial charge on any atom is 0.0541 e. The lowest BCUT2D eigenvalue weighted by Crippen LogP contribution is -2.14. The number of anilines is 6. The Morgan fingerprint density at radius 2 is 0.544 bits per heavy atom. The van der Waals surface area contributed by atoms with E-state index in [1.807, 2.05) is 0 Å². The summed E-state index contributed by atoms with van der Waals surface area (Å²) in [5.74, 6) is 0. The molecule has 0 saturated heterocycles. The van der Waals surface area contributed by atoms with Gasteiger partial charge in [0.25, 0.3) is 0 Å². The summed E-state index contributed by atoms with van der Waals surface area (Å²) in [5.41, 5.74) is 16.9. The summed E-state index contributed by atoms with van der Waals surface area (Å²) in [5, 5.41) is 12.0. The van der Waals surface area contributed by atoms with Crippen LogP contribution in [-0.4, -0.2) is 4.57 Å². The monoisotopic (exact) mass is 1010 g/mol. The second-order valence-electron chi connectivity index (χ2n) is 20.6. The number of aromatic nitrogens is 1. The lowest BCUT2D eigenvalue weighted by molar-refractivity contribution is 1.18. The second kappa shape index (κ2) is 19.3. The average Bonchev–Trinajstić information content (AvgIpc) is 3.89. The molecule has 0 aliphatic heterocycles. The van der Waals surface area contributed by atoms with Crippen LogP contribution in [0.2, 0.25) is 0 Å². The summed E-state index contributed by atoms with van der Waals surface area (Å²) < 4.78 is 2.40. The number of benzene rings is 14. The highest BCUT2D eigenvalue weighted by Crippen LogP contribution is 2.46. The Labute approximate surface area is 459 Å². The van der Waals surface area contributed by atoms with Crippen LogP contribution in [0.4, 0.5) is 34.1 Å². The molecule has 0 aliphatic rings. The molecule has 0 saturated carbocycles. The minimum atomic E-state index is 1.05. The van der Waals surface area contributed by atoms with Gasteiger partial charge in [-0.05, 0) is 174 Å². The van der Waals surface area contributed by atoms with Gasteiger partial charge in [0.1, 0.15) is 0 Å². The number of rotatable bonds is 10. The van der Waals surface area contributed by atoms with E-state index < -0.39 is 0 Å². The Morgan fingerprint density at radius 1 is 0.190 bits per heavy atom. The first kappa shape index (κ1) is 45.9. The molecular formula is C76H51N3. The van der Waals surface area contributed by atoms with Crippen molar-refractivity contribution < 1.29 is 0 Å². The summed E-state index contributed by atoms with van der Waals surface area (Å²) in [6.45, 7) is 0. The molecule has 0 aliphatic carbocycles. The molecule has 0 atom stereocenters. The molecule has 0 amide bonds. The number of para-hydroxylation sites is 1. The van der Waals surface area contributed by atoms with Gasteiger partial charge in [-0.2, -0.15) is 0 Å². The topological polar surface area (TPSA) is 11.4 Å². The molecule has 0 radical (unpaired) electrons. The largest absolute Gasteiger partial charge is 0.310 e. The van der Waals surface area contributed by atoms with Gasteiger partial charge in [0.15, 0.2) is 0 Å². The van der Waals surface area contributed by atoms with Crippen molar-refractivity contribution in [1.82, 2.24) is 4.57 Å². The van der Waals surface area contributed by atoms with Crippen LogP contribution in [0.1, 0.15) is 0 Å². The fraction of sp³-hybridized carbons (Fsp3) is 0. The van der Waals surface area contributed by atoms with E-state index >= 15 is 0 Å². The number of fused-ring (bicyclic) bond motifs is 7. The van der Waals surface area contributed by atoms with Crippen molar-refractivity contribution in [2.45, 2.75) is 0 Å². The van der Waals surface area contributed by atoms with Crippen LogP contribution in [0.5, 0.6) is 0 Å². The van der Waals surface area contributed by atoms with Crippen LogP contribution in [0.25, 0.3) is 104 Å². The Hall–Kier alpha value is -10.5. The van der Waals surface area contributed by atoms with E-state index in [-0.39, 0.29) is 0 Å². The first-order valence-corrected chi connectivity index (χ1v) is 27.1. The summed E-state index contributed by atoms with van der Waals surface area (Å²) in [4.78, 5) is 4.87. The molecule has 15 aromatic rings. The van der Waals surface area contributed by atoms with Gasteiger partial charge in [-0.15, -0.1) is 0 Å². The van der Waals surface area contributed by atoms with E-state index in [1.54, 1.807) is 0 Å². The Bertz CT molecular complexity index is 4440. The molecule has 3 heteroatoms. The molecular weight excluding hydrogens is 955 g/mol. The summed E-state index contributed by atoms with van der Waals surface area (Å²) in [6.07, 6.45) is 0. The highest BCUT2D eigenvalue weighted by molar-refractivity contribution is 6.10. The number of hydrogen-bond donors (Lipinski definition) is 0. The summed E-state index contributed by atoms with van der Waals surface area (Å²) in [6, 6.07) is 113. The highest BCUT2D eigenvalue weighted by atomic mass is 15.2. The van der Waals surface area contributed by atoms with Gasteiger partial charge >= 0.3 is 0 Å². The average molecular weight is 1010 g/mol. The predicted molar refractivity (Wildman–Crippen MR) is 336 cm³/mol. The predicted octanol–water partition coefficient (Wildman–Crippen LogP) is 21.3. The van der Waals surface area contributed by atoms with Crippen molar-refractivity contribution in [2.75, 3.05) is 9.80 Å². The third-order valence-corrected chi connectivity index (χ3v) is 15.8. The van der Waals surface area contributed by atoms with Gasteiger partial charge in [0.05, 0.1) is 11.0 Å². The standard InChI is InChI=1S/C76H51N3/c1-2-14-52(15-3-1)57-30-37-66(38-31-57)79-75-25-13-12-24-73(75)74-50-64(36-43-76(74)79)58-26-28-59(29-27-58)65-48-71(77(67-39-32-53-16-4-8-20-60(53)44-67)68-40-33-54-17-5-9-21-61(54)45-68)51-72(49-65)78(69-41-34-55-18-6-10-22-62(55)46-69)70-42-35-56-19-7-11-23-63(56)47-70/h1-51H. The zero-order valence-corrected chi connectivity index (χ0v) is 43.3. The van der Waals surface area contributed by atoms with Gasteiger partial charge in [-0.3, -0.25) is 0 Å². The zero-order valence-electron chi connectivity index (χ0n) is 43.3. The van der Waals surface area contributed by atoms with Crippen LogP contribution < -0.4 is 9.80 Å². The van der Waals surface area contributed by atoms with Crippen LogP contribution >= 0.6 is 0 Å². The molecule has 0 fully saturated rings. The quantitative estimate of drug-likeness (QED) is 0.135. The van der Waals surface area contributed by atoms with Crippen molar-refractivity contribution in [1.29, 1.82) is 0 Å². The van der Waals surface area contributed by atoms with Crippen molar-refractivity contribution >= 4 is 99.0 Å². The molecule has 0 bridgehead atoms. The Morgan fingerprint density at radius 3 is 1.03 bits per heavy atom. The molecule has 0 spiro atoms. The van der Waals surface area contributed by atoms with Crippen molar-refractivity contribution in [2.24, 2.45) is 0 Å². The van der Waals surface area contributed by atoms with Crippen molar-refractivity contribution in [3.8, 4) is 39.1 Å². The van der Waals surface area contributed by atoms with Gasteiger partial charge in [-0.25, -0.2) is 0 Å². The van der Waals surface area contributed by atoms with E-state index in [0.717, 1.165) is 56.5 Å². The maximum absolute atomic E-state index is 2.43. The summed E-state index contributed by atoms with van der Waals surface area (Å²) >= 11 is 0. The Kier molecular flexibility index (Phi) is 11.2. The molecule has 0 unspecified atom stereocenters. The first-order chi connectivity index (χ1) is 39.1. The molecule has 1 aromatic heterocycles. The van der Waals surface area contributed by atoms with E-state index in [9.17, 15) is 0 Å². The Balaban J connectivity index is 0.898. The van der Waals surface area contributed by atoms with E-state index in [4.69, 9.17) is 0 Å². The fourth-order valence-electron chi connectivity index (χ4n) is 11.9. The van der Waals surface area contributed by atoms with Crippen LogP contribution in [0, 0.1) is 0 Å². The minimum Gasteiger partial charge on any atom is -0.310 e. The fourth-order valence-corrected chi connectivity index (χ4v) is 11.9. The number of hydrogen-bond acceptors (Lipinski definition) is 2. The first-order valence-electron chi connectivity index (χ1n) is 27.1. The van der Waals surface area contributed by atoms with E-state index in [0.29, 0.717) is 0 Å². The van der Waals surface area contributed by atoms with Gasteiger partial charge in [0, 0.05) is 50.6 Å². The van der Waals surface area contributed by atoms with Gasteiger partial charge in [0.2, 0.25) is 0 Å². The lowest BCUT2D eigenvalue weighted by Gasteiger charge is -2.31. The minimum absolute atomic E-state index is 1.05. The molecule has 79 heavy (non-hydrogen) atoms. The molecule has 1 heterocycles. The molecule has 370 valence electrons. The van der Waals surface area contributed by atoms with E-state index in [1.165, 1.54) is 81.6 Å². The van der Waals surface area contributed by atoms with Crippen LogP contribution in [0.15, 0.2) is 309 Å². The normalized spacial score (nSPS) is 11.5. The maximum atomic E-state index is 2.43. The van der Waals surface area contributed by atoms with Crippen molar-refractivity contribution in [3.63, 3.8) is 0 Å². The third kappa shape index (κ3) is 8.42. The molecule has 3 nitrogen and oxygen atoms in total. The van der Waals surface area contributed by atoms with Crippen molar-refractivity contribution in [3.05, 3.63) is 309 Å². The molecule has 15 rings (SSSR count). The lowest BCUT2D eigenvalue weighted by atomic mass is 9.97. The van der Waals surface area contributed by atoms with Gasteiger partial charge < -0.3 is 14.4 Å². The zero-order chi connectivity index (χ0) is 52.2. The molecule has 14 aromatic carbocycles. The highest BCUT2D eigenvalue weighted by Gasteiger charge is 2.22. The van der Waals surface area contributed by atoms with Gasteiger partial charge in [-0.1, -0.05) is 212 Å². The van der Waals surface area contributed by atoms with Crippen LogP contribution in [0.3, 0.4) is 0 Å². The summed E-state index contributed by atoms with van der Waals surface area (Å²) in [7, 11) is 0. The van der Waals surface area contributed by atoms with Crippen LogP contribution in [-0.2, 0) is 0 Å². The SMILES string of the molecule is c1ccc(-c2ccc(-n3c4ccccc4c4cc(-c5ccc(-c6cc(N(c7ccc8ccccc8c7)c7ccc8ccccc8c7)cc(N(c7ccc8ccccc8c7)c7ccc8ccccc8c7)c6)cc5)ccc43)cc2)cc1. The second-order valence-corrected chi connectivity index (χ2v) is 20.6. The van der Waals surface area contributed by atoms with E-state index in [2.05, 4.69) is 324 Å². The molecule has 0 N–H and O–H groups in total.